The van der Waals surface area contributed by atoms with Crippen molar-refractivity contribution in [1.82, 2.24) is 0 Å². The first-order valence-corrected chi connectivity index (χ1v) is 8.40. The number of methoxy groups -OCH3 is 1. The Morgan fingerprint density at radius 3 is 2.71 bits per heavy atom. The molecule has 1 amide bonds. The van der Waals surface area contributed by atoms with Gasteiger partial charge in [-0.15, -0.1) is 0 Å². The van der Waals surface area contributed by atoms with Crippen LogP contribution >= 0.6 is 0 Å². The molecule has 24 heavy (non-hydrogen) atoms. The SMILES string of the molecule is COCc1cccc(C(=O)Nc2cccc(OC3CCCC3)c2)c1. The predicted molar refractivity (Wildman–Crippen MR) is 94.4 cm³/mol. The second-order valence-corrected chi connectivity index (χ2v) is 6.14. The maximum atomic E-state index is 12.4. The van der Waals surface area contributed by atoms with Crippen molar-refractivity contribution in [2.45, 2.75) is 38.4 Å². The van der Waals surface area contributed by atoms with Gasteiger partial charge in [0.15, 0.2) is 0 Å². The third kappa shape index (κ3) is 4.36. The van der Waals surface area contributed by atoms with Crippen molar-refractivity contribution in [3.63, 3.8) is 0 Å². The zero-order chi connectivity index (χ0) is 16.8. The smallest absolute Gasteiger partial charge is 0.255 e. The summed E-state index contributed by atoms with van der Waals surface area (Å²) in [6, 6.07) is 15.0. The van der Waals surface area contributed by atoms with Gasteiger partial charge in [-0.3, -0.25) is 4.79 Å². The van der Waals surface area contributed by atoms with Crippen molar-refractivity contribution in [3.05, 3.63) is 59.7 Å². The number of benzene rings is 2. The number of anilines is 1. The van der Waals surface area contributed by atoms with Gasteiger partial charge in [-0.05, 0) is 55.5 Å². The molecule has 0 aromatic heterocycles. The lowest BCUT2D eigenvalue weighted by atomic mass is 10.1. The van der Waals surface area contributed by atoms with Crippen LogP contribution in [0.4, 0.5) is 5.69 Å². The van der Waals surface area contributed by atoms with Crippen molar-refractivity contribution in [2.24, 2.45) is 0 Å². The van der Waals surface area contributed by atoms with Crippen LogP contribution in [0.2, 0.25) is 0 Å². The molecule has 0 saturated heterocycles. The standard InChI is InChI=1S/C20H23NO3/c1-23-14-15-6-4-7-16(12-15)20(22)21-17-8-5-11-19(13-17)24-18-9-2-3-10-18/h4-8,11-13,18H,2-3,9-10,14H2,1H3,(H,21,22). The molecule has 2 aromatic carbocycles. The molecule has 126 valence electrons. The number of rotatable bonds is 6. The summed E-state index contributed by atoms with van der Waals surface area (Å²) in [6.45, 7) is 0.492. The summed E-state index contributed by atoms with van der Waals surface area (Å²) < 4.78 is 11.1. The number of carbonyl (C=O) groups excluding carboxylic acids is 1. The van der Waals surface area contributed by atoms with Crippen LogP contribution in [0.1, 0.15) is 41.6 Å². The first-order chi connectivity index (χ1) is 11.7. The number of nitrogens with one attached hydrogen (secondary N) is 1. The number of hydrogen-bond donors (Lipinski definition) is 1. The summed E-state index contributed by atoms with van der Waals surface area (Å²) in [6.07, 6.45) is 5.01. The lowest BCUT2D eigenvalue weighted by molar-refractivity contribution is 0.102. The highest BCUT2D eigenvalue weighted by atomic mass is 16.5. The molecular formula is C20H23NO3. The molecule has 0 radical (unpaired) electrons. The molecule has 0 spiro atoms. The summed E-state index contributed by atoms with van der Waals surface area (Å²) in [4.78, 5) is 12.4. The molecule has 0 unspecified atom stereocenters. The van der Waals surface area contributed by atoms with Crippen LogP contribution < -0.4 is 10.1 Å². The topological polar surface area (TPSA) is 47.6 Å². The van der Waals surface area contributed by atoms with Gasteiger partial charge in [-0.2, -0.15) is 0 Å². The Balaban J connectivity index is 1.66. The third-order valence-corrected chi connectivity index (χ3v) is 4.20. The molecule has 4 heteroatoms. The molecule has 0 bridgehead atoms. The second-order valence-electron chi connectivity index (χ2n) is 6.14. The Morgan fingerprint density at radius 1 is 1.12 bits per heavy atom. The minimum atomic E-state index is -0.133. The Kier molecular flexibility index (Phi) is 5.49. The van der Waals surface area contributed by atoms with Crippen LogP contribution in [0.5, 0.6) is 5.75 Å². The molecule has 1 fully saturated rings. The number of amides is 1. The summed E-state index contributed by atoms with van der Waals surface area (Å²) in [5.74, 6) is 0.679. The van der Waals surface area contributed by atoms with Crippen LogP contribution in [0.25, 0.3) is 0 Å². The Morgan fingerprint density at radius 2 is 1.92 bits per heavy atom. The highest BCUT2D eigenvalue weighted by molar-refractivity contribution is 6.04. The molecule has 0 aliphatic heterocycles. The maximum Gasteiger partial charge on any atom is 0.255 e. The van der Waals surface area contributed by atoms with Gasteiger partial charge < -0.3 is 14.8 Å². The fraction of sp³-hybridized carbons (Fsp3) is 0.350. The number of carbonyl (C=O) groups is 1. The second kappa shape index (κ2) is 7.97. The van der Waals surface area contributed by atoms with E-state index in [4.69, 9.17) is 9.47 Å². The fourth-order valence-corrected chi connectivity index (χ4v) is 3.02. The Labute approximate surface area is 142 Å². The molecule has 1 aliphatic carbocycles. The van der Waals surface area contributed by atoms with Gasteiger partial charge in [0.25, 0.3) is 5.91 Å². The van der Waals surface area contributed by atoms with E-state index >= 15 is 0 Å². The minimum Gasteiger partial charge on any atom is -0.490 e. The monoisotopic (exact) mass is 325 g/mol. The van der Waals surface area contributed by atoms with Crippen LogP contribution in [-0.4, -0.2) is 19.1 Å². The molecule has 1 N–H and O–H groups in total. The summed E-state index contributed by atoms with van der Waals surface area (Å²) in [5.41, 5.74) is 2.34. The third-order valence-electron chi connectivity index (χ3n) is 4.20. The van der Waals surface area contributed by atoms with Gasteiger partial charge in [0.05, 0.1) is 12.7 Å². The Bertz CT molecular complexity index is 693. The zero-order valence-electron chi connectivity index (χ0n) is 14.0. The first-order valence-electron chi connectivity index (χ1n) is 8.40. The van der Waals surface area contributed by atoms with Gasteiger partial charge >= 0.3 is 0 Å². The summed E-state index contributed by atoms with van der Waals surface area (Å²) >= 11 is 0. The summed E-state index contributed by atoms with van der Waals surface area (Å²) in [5, 5.41) is 2.93. The van der Waals surface area contributed by atoms with E-state index in [-0.39, 0.29) is 5.91 Å². The lowest BCUT2D eigenvalue weighted by Crippen LogP contribution is -2.13. The van der Waals surface area contributed by atoms with E-state index < -0.39 is 0 Å². The van der Waals surface area contributed by atoms with Gasteiger partial charge in [0.2, 0.25) is 0 Å². The van der Waals surface area contributed by atoms with E-state index in [1.165, 1.54) is 12.8 Å². The average molecular weight is 325 g/mol. The van der Waals surface area contributed by atoms with E-state index in [1.807, 2.05) is 42.5 Å². The van der Waals surface area contributed by atoms with Crippen LogP contribution in [-0.2, 0) is 11.3 Å². The lowest BCUT2D eigenvalue weighted by Gasteiger charge is -2.14. The molecular weight excluding hydrogens is 302 g/mol. The molecule has 4 nitrogen and oxygen atoms in total. The average Bonchev–Trinajstić information content (AvgIpc) is 3.09. The highest BCUT2D eigenvalue weighted by Gasteiger charge is 2.16. The maximum absolute atomic E-state index is 12.4. The summed E-state index contributed by atoms with van der Waals surface area (Å²) in [7, 11) is 1.64. The van der Waals surface area contributed by atoms with Gasteiger partial charge in [0.1, 0.15) is 5.75 Å². The minimum absolute atomic E-state index is 0.133. The first kappa shape index (κ1) is 16.5. The van der Waals surface area contributed by atoms with Crippen molar-refractivity contribution in [2.75, 3.05) is 12.4 Å². The molecule has 2 aromatic rings. The molecule has 1 aliphatic rings. The van der Waals surface area contributed by atoms with E-state index in [0.717, 1.165) is 29.8 Å². The van der Waals surface area contributed by atoms with Crippen molar-refractivity contribution in [3.8, 4) is 5.75 Å². The predicted octanol–water partition coefficient (Wildman–Crippen LogP) is 4.41. The van der Waals surface area contributed by atoms with Gasteiger partial charge in [0, 0.05) is 24.4 Å². The van der Waals surface area contributed by atoms with Gasteiger partial charge in [-0.1, -0.05) is 18.2 Å². The largest absolute Gasteiger partial charge is 0.490 e. The van der Waals surface area contributed by atoms with E-state index in [9.17, 15) is 4.79 Å². The van der Waals surface area contributed by atoms with Crippen molar-refractivity contribution in [1.29, 1.82) is 0 Å². The van der Waals surface area contributed by atoms with E-state index in [2.05, 4.69) is 5.32 Å². The molecule has 1 saturated carbocycles. The fourth-order valence-electron chi connectivity index (χ4n) is 3.02. The number of ether oxygens (including phenoxy) is 2. The van der Waals surface area contributed by atoms with E-state index in [1.54, 1.807) is 13.2 Å². The Hall–Kier alpha value is -2.33. The molecule has 0 atom stereocenters. The quantitative estimate of drug-likeness (QED) is 0.856. The highest BCUT2D eigenvalue weighted by Crippen LogP contribution is 2.26. The van der Waals surface area contributed by atoms with Crippen LogP contribution in [0.15, 0.2) is 48.5 Å². The van der Waals surface area contributed by atoms with Gasteiger partial charge in [-0.25, -0.2) is 0 Å². The van der Waals surface area contributed by atoms with Crippen molar-refractivity contribution >= 4 is 11.6 Å². The molecule has 3 rings (SSSR count). The molecule has 0 heterocycles. The van der Waals surface area contributed by atoms with Crippen LogP contribution in [0, 0.1) is 0 Å². The van der Waals surface area contributed by atoms with Crippen molar-refractivity contribution < 1.29 is 14.3 Å². The number of hydrogen-bond acceptors (Lipinski definition) is 3. The normalized spacial score (nSPS) is 14.5. The zero-order valence-corrected chi connectivity index (χ0v) is 14.0. The van der Waals surface area contributed by atoms with Crippen LogP contribution in [0.3, 0.4) is 0 Å². The van der Waals surface area contributed by atoms with E-state index in [0.29, 0.717) is 18.3 Å².